The molecule has 0 radical (unpaired) electrons. The van der Waals surface area contributed by atoms with Crippen LogP contribution in [0.25, 0.3) is 0 Å². The van der Waals surface area contributed by atoms with Gasteiger partial charge in [-0.2, -0.15) is 0 Å². The van der Waals surface area contributed by atoms with Crippen LogP contribution >= 0.6 is 0 Å². The van der Waals surface area contributed by atoms with E-state index in [4.69, 9.17) is 10.2 Å². The fourth-order valence-electron chi connectivity index (χ4n) is 1.20. The van der Waals surface area contributed by atoms with Gasteiger partial charge in [-0.3, -0.25) is 0 Å². The molecule has 0 saturated heterocycles. The number of aryl methyl sites for hydroxylation is 1. The molecule has 0 aliphatic carbocycles. The van der Waals surface area contributed by atoms with Crippen molar-refractivity contribution in [2.45, 2.75) is 39.3 Å². The van der Waals surface area contributed by atoms with Crippen LogP contribution in [0.4, 0.5) is 0 Å². The van der Waals surface area contributed by atoms with Gasteiger partial charge in [0.1, 0.15) is 11.5 Å². The lowest BCUT2D eigenvalue weighted by Gasteiger charge is -2.17. The zero-order valence-corrected chi connectivity index (χ0v) is 9.26. The van der Waals surface area contributed by atoms with E-state index in [1.165, 1.54) is 0 Å². The first-order valence-corrected chi connectivity index (χ1v) is 5.02. The third kappa shape index (κ3) is 4.44. The van der Waals surface area contributed by atoms with E-state index in [2.05, 4.69) is 5.32 Å². The van der Waals surface area contributed by atoms with E-state index in [-0.39, 0.29) is 5.54 Å². The summed E-state index contributed by atoms with van der Waals surface area (Å²) in [5.41, 5.74) is 5.76. The monoisotopic (exact) mass is 196 g/mol. The van der Waals surface area contributed by atoms with E-state index < -0.39 is 0 Å². The summed E-state index contributed by atoms with van der Waals surface area (Å²) >= 11 is 0. The highest BCUT2D eigenvalue weighted by atomic mass is 16.3. The Kier molecular flexibility index (Phi) is 3.72. The molecule has 3 heteroatoms. The lowest BCUT2D eigenvalue weighted by Crippen LogP contribution is -2.35. The van der Waals surface area contributed by atoms with Crippen molar-refractivity contribution in [3.63, 3.8) is 0 Å². The molecule has 1 heterocycles. The predicted molar refractivity (Wildman–Crippen MR) is 58.0 cm³/mol. The van der Waals surface area contributed by atoms with E-state index >= 15 is 0 Å². The number of nitrogens with two attached hydrogens (primary N) is 1. The van der Waals surface area contributed by atoms with Crippen molar-refractivity contribution >= 4 is 0 Å². The summed E-state index contributed by atoms with van der Waals surface area (Å²) in [6.07, 6.45) is 0.965. The summed E-state index contributed by atoms with van der Waals surface area (Å²) in [7, 11) is 0. The molecule has 1 aromatic heterocycles. The van der Waals surface area contributed by atoms with Gasteiger partial charge < -0.3 is 15.5 Å². The van der Waals surface area contributed by atoms with Gasteiger partial charge in [-0.15, -0.1) is 0 Å². The standard InChI is InChI=1S/C11H20N2O/c1-9-4-5-10(14-9)8-13-7-6-11(2,3)12/h4-5,13H,6-8,12H2,1-3H3. The number of hydrogen-bond donors (Lipinski definition) is 2. The van der Waals surface area contributed by atoms with Gasteiger partial charge in [0.25, 0.3) is 0 Å². The van der Waals surface area contributed by atoms with E-state index in [1.807, 2.05) is 32.9 Å². The third-order valence-corrected chi connectivity index (χ3v) is 2.04. The van der Waals surface area contributed by atoms with Gasteiger partial charge in [-0.05, 0) is 45.9 Å². The molecule has 80 valence electrons. The van der Waals surface area contributed by atoms with Gasteiger partial charge in [-0.1, -0.05) is 0 Å². The van der Waals surface area contributed by atoms with Crippen LogP contribution in [-0.4, -0.2) is 12.1 Å². The zero-order valence-electron chi connectivity index (χ0n) is 9.26. The number of furan rings is 1. The normalized spacial score (nSPS) is 12.0. The van der Waals surface area contributed by atoms with Gasteiger partial charge in [0.15, 0.2) is 0 Å². The van der Waals surface area contributed by atoms with Crippen molar-refractivity contribution in [3.8, 4) is 0 Å². The zero-order chi connectivity index (χ0) is 10.6. The van der Waals surface area contributed by atoms with Crippen LogP contribution in [0.1, 0.15) is 31.8 Å². The molecule has 3 N–H and O–H groups in total. The second-order valence-electron chi connectivity index (χ2n) is 4.43. The first kappa shape index (κ1) is 11.3. The Morgan fingerprint density at radius 2 is 2.14 bits per heavy atom. The second-order valence-corrected chi connectivity index (χ2v) is 4.43. The molecule has 3 nitrogen and oxygen atoms in total. The smallest absolute Gasteiger partial charge is 0.117 e. The Morgan fingerprint density at radius 3 is 2.64 bits per heavy atom. The highest BCUT2D eigenvalue weighted by molar-refractivity contribution is 5.05. The van der Waals surface area contributed by atoms with Crippen molar-refractivity contribution in [2.75, 3.05) is 6.54 Å². The minimum Gasteiger partial charge on any atom is -0.465 e. The molecular formula is C11H20N2O. The largest absolute Gasteiger partial charge is 0.465 e. The molecule has 1 rings (SSSR count). The Labute approximate surface area is 85.7 Å². The summed E-state index contributed by atoms with van der Waals surface area (Å²) in [5.74, 6) is 1.94. The molecule has 0 aliphatic heterocycles. The maximum Gasteiger partial charge on any atom is 0.117 e. The minimum atomic E-state index is -0.0912. The summed E-state index contributed by atoms with van der Waals surface area (Å²) < 4.78 is 5.42. The molecule has 0 bridgehead atoms. The summed E-state index contributed by atoms with van der Waals surface area (Å²) in [4.78, 5) is 0. The number of rotatable bonds is 5. The molecule has 0 atom stereocenters. The van der Waals surface area contributed by atoms with Crippen LogP contribution in [0, 0.1) is 6.92 Å². The molecule has 0 amide bonds. The molecule has 0 aliphatic rings. The van der Waals surface area contributed by atoms with E-state index in [1.54, 1.807) is 0 Å². The first-order chi connectivity index (χ1) is 6.47. The van der Waals surface area contributed by atoms with Crippen LogP contribution in [0.15, 0.2) is 16.5 Å². The van der Waals surface area contributed by atoms with E-state index in [9.17, 15) is 0 Å². The maximum absolute atomic E-state index is 5.86. The highest BCUT2D eigenvalue weighted by Gasteiger charge is 2.09. The van der Waals surface area contributed by atoms with Crippen molar-refractivity contribution in [1.82, 2.24) is 5.32 Å². The topological polar surface area (TPSA) is 51.2 Å². The molecule has 14 heavy (non-hydrogen) atoms. The lowest BCUT2D eigenvalue weighted by molar-refractivity contribution is 0.427. The van der Waals surface area contributed by atoms with Crippen molar-refractivity contribution < 1.29 is 4.42 Å². The Morgan fingerprint density at radius 1 is 1.43 bits per heavy atom. The van der Waals surface area contributed by atoms with Crippen molar-refractivity contribution in [1.29, 1.82) is 0 Å². The van der Waals surface area contributed by atoms with Crippen LogP contribution in [0.3, 0.4) is 0 Å². The summed E-state index contributed by atoms with van der Waals surface area (Å²) in [5, 5.41) is 3.30. The van der Waals surface area contributed by atoms with Crippen molar-refractivity contribution in [2.24, 2.45) is 5.73 Å². The number of nitrogens with one attached hydrogen (secondary N) is 1. The second kappa shape index (κ2) is 4.62. The van der Waals surface area contributed by atoms with Gasteiger partial charge >= 0.3 is 0 Å². The Balaban J connectivity index is 2.16. The fourth-order valence-corrected chi connectivity index (χ4v) is 1.20. The quantitative estimate of drug-likeness (QED) is 0.706. The molecule has 0 fully saturated rings. The molecule has 0 spiro atoms. The predicted octanol–water partition coefficient (Wildman–Crippen LogP) is 1.81. The fraction of sp³-hybridized carbons (Fsp3) is 0.636. The SMILES string of the molecule is Cc1ccc(CNCCC(C)(C)N)o1. The van der Waals surface area contributed by atoms with Gasteiger partial charge in [0.05, 0.1) is 6.54 Å². The molecule has 0 saturated carbocycles. The van der Waals surface area contributed by atoms with Gasteiger partial charge in [-0.25, -0.2) is 0 Å². The van der Waals surface area contributed by atoms with Crippen LogP contribution in [0.2, 0.25) is 0 Å². The summed E-state index contributed by atoms with van der Waals surface area (Å²) in [6.45, 7) is 7.72. The third-order valence-electron chi connectivity index (χ3n) is 2.04. The number of hydrogen-bond acceptors (Lipinski definition) is 3. The minimum absolute atomic E-state index is 0.0912. The highest BCUT2D eigenvalue weighted by Crippen LogP contribution is 2.06. The Bertz CT molecular complexity index is 273. The summed E-state index contributed by atoms with van der Waals surface area (Å²) in [6, 6.07) is 3.97. The molecular weight excluding hydrogens is 176 g/mol. The van der Waals surface area contributed by atoms with Crippen LogP contribution in [-0.2, 0) is 6.54 Å². The van der Waals surface area contributed by atoms with Gasteiger partial charge in [0, 0.05) is 5.54 Å². The average Bonchev–Trinajstić information content (AvgIpc) is 2.44. The molecule has 1 aromatic rings. The van der Waals surface area contributed by atoms with Gasteiger partial charge in [0.2, 0.25) is 0 Å². The van der Waals surface area contributed by atoms with Crippen molar-refractivity contribution in [3.05, 3.63) is 23.7 Å². The molecule has 0 aromatic carbocycles. The average molecular weight is 196 g/mol. The lowest BCUT2D eigenvalue weighted by atomic mass is 10.0. The Hall–Kier alpha value is -0.800. The van der Waals surface area contributed by atoms with Crippen LogP contribution < -0.4 is 11.1 Å². The maximum atomic E-state index is 5.86. The first-order valence-electron chi connectivity index (χ1n) is 5.02. The molecule has 0 unspecified atom stereocenters. The van der Waals surface area contributed by atoms with Crippen LogP contribution in [0.5, 0.6) is 0 Å². The van der Waals surface area contributed by atoms with E-state index in [0.717, 1.165) is 31.0 Å². The van der Waals surface area contributed by atoms with E-state index in [0.29, 0.717) is 0 Å².